The number of aliphatic carboxylic acids is 1. The Morgan fingerprint density at radius 1 is 1.35 bits per heavy atom. The van der Waals surface area contributed by atoms with Crippen LogP contribution in [-0.2, 0) is 14.8 Å². The molecular weight excluding hydrogens is 242 g/mol. The van der Waals surface area contributed by atoms with E-state index in [0.29, 0.717) is 12.8 Å². The van der Waals surface area contributed by atoms with Crippen LogP contribution in [0.2, 0.25) is 0 Å². The average Bonchev–Trinajstić information content (AvgIpc) is 1.95. The highest BCUT2D eigenvalue weighted by Crippen LogP contribution is 2.16. The summed E-state index contributed by atoms with van der Waals surface area (Å²) in [7, 11) is -3.29. The van der Waals surface area contributed by atoms with Crippen molar-refractivity contribution in [2.45, 2.75) is 53.0 Å². The van der Waals surface area contributed by atoms with Gasteiger partial charge in [-0.1, -0.05) is 20.8 Å². The van der Waals surface area contributed by atoms with Gasteiger partial charge >= 0.3 is 5.97 Å². The van der Waals surface area contributed by atoms with E-state index < -0.39 is 16.0 Å². The summed E-state index contributed by atoms with van der Waals surface area (Å²) < 4.78 is 26.0. The van der Waals surface area contributed by atoms with E-state index in [-0.39, 0.29) is 23.6 Å². The molecule has 0 aromatic rings. The Morgan fingerprint density at radius 2 is 1.88 bits per heavy atom. The molecule has 0 fully saturated rings. The number of carboxylic acid groups (broad SMARTS) is 1. The first-order valence-corrected chi connectivity index (χ1v) is 7.39. The van der Waals surface area contributed by atoms with Gasteiger partial charge in [-0.2, -0.15) is 0 Å². The van der Waals surface area contributed by atoms with Gasteiger partial charge in [-0.15, -0.1) is 0 Å². The van der Waals surface area contributed by atoms with Gasteiger partial charge in [0.1, 0.15) is 0 Å². The molecule has 6 heteroatoms. The molecule has 0 aliphatic carbocycles. The molecule has 2 N–H and O–H groups in total. The first-order chi connectivity index (χ1) is 7.52. The van der Waals surface area contributed by atoms with Crippen molar-refractivity contribution < 1.29 is 18.3 Å². The van der Waals surface area contributed by atoms with Gasteiger partial charge < -0.3 is 5.11 Å². The van der Waals surface area contributed by atoms with E-state index >= 15 is 0 Å². The molecular formula is C11H23NO4S. The van der Waals surface area contributed by atoms with Gasteiger partial charge in [0.15, 0.2) is 0 Å². The quantitative estimate of drug-likeness (QED) is 0.732. The van der Waals surface area contributed by atoms with Gasteiger partial charge in [0.25, 0.3) is 0 Å². The van der Waals surface area contributed by atoms with Crippen molar-refractivity contribution in [1.82, 2.24) is 4.72 Å². The van der Waals surface area contributed by atoms with Crippen LogP contribution < -0.4 is 4.72 Å². The molecule has 17 heavy (non-hydrogen) atoms. The van der Waals surface area contributed by atoms with Crippen molar-refractivity contribution in [3.8, 4) is 0 Å². The van der Waals surface area contributed by atoms with E-state index in [2.05, 4.69) is 4.72 Å². The van der Waals surface area contributed by atoms with Gasteiger partial charge in [-0.05, 0) is 25.2 Å². The second-order valence-electron chi connectivity index (χ2n) is 5.62. The molecule has 0 amide bonds. The molecule has 1 unspecified atom stereocenters. The van der Waals surface area contributed by atoms with Crippen molar-refractivity contribution in [2.24, 2.45) is 5.41 Å². The zero-order valence-electron chi connectivity index (χ0n) is 11.0. The van der Waals surface area contributed by atoms with Crippen LogP contribution in [0, 0.1) is 5.41 Å². The van der Waals surface area contributed by atoms with Crippen LogP contribution in [0.5, 0.6) is 0 Å². The van der Waals surface area contributed by atoms with Gasteiger partial charge in [-0.25, -0.2) is 13.1 Å². The van der Waals surface area contributed by atoms with E-state index in [0.717, 1.165) is 0 Å². The van der Waals surface area contributed by atoms with Gasteiger partial charge in [-0.3, -0.25) is 4.79 Å². The zero-order chi connectivity index (χ0) is 13.7. The number of nitrogens with one attached hydrogen (secondary N) is 1. The minimum atomic E-state index is -3.29. The third kappa shape index (κ3) is 10.3. The van der Waals surface area contributed by atoms with Crippen LogP contribution in [0.15, 0.2) is 0 Å². The first kappa shape index (κ1) is 16.4. The van der Waals surface area contributed by atoms with Crippen molar-refractivity contribution in [2.75, 3.05) is 5.75 Å². The van der Waals surface area contributed by atoms with Gasteiger partial charge in [0.2, 0.25) is 10.0 Å². The Kier molecular flexibility index (Phi) is 6.12. The smallest absolute Gasteiger partial charge is 0.303 e. The fourth-order valence-electron chi connectivity index (χ4n) is 1.54. The maximum atomic E-state index is 11.7. The lowest BCUT2D eigenvalue weighted by molar-refractivity contribution is -0.137. The monoisotopic (exact) mass is 265 g/mol. The molecule has 0 aliphatic heterocycles. The van der Waals surface area contributed by atoms with E-state index in [4.69, 9.17) is 5.11 Å². The van der Waals surface area contributed by atoms with Crippen molar-refractivity contribution >= 4 is 16.0 Å². The highest BCUT2D eigenvalue weighted by atomic mass is 32.2. The highest BCUT2D eigenvalue weighted by Gasteiger charge is 2.22. The van der Waals surface area contributed by atoms with E-state index in [9.17, 15) is 13.2 Å². The van der Waals surface area contributed by atoms with E-state index in [1.54, 1.807) is 6.92 Å². The Morgan fingerprint density at radius 3 is 2.29 bits per heavy atom. The minimum Gasteiger partial charge on any atom is -0.481 e. The molecule has 1 atom stereocenters. The van der Waals surface area contributed by atoms with Crippen LogP contribution in [0.3, 0.4) is 0 Å². The summed E-state index contributed by atoms with van der Waals surface area (Å²) in [6.07, 6.45) is 1.09. The number of carboxylic acids is 1. The number of hydrogen-bond acceptors (Lipinski definition) is 3. The Balaban J connectivity index is 4.10. The van der Waals surface area contributed by atoms with Gasteiger partial charge in [0.05, 0.1) is 5.75 Å². The third-order valence-electron chi connectivity index (χ3n) is 2.03. The standard InChI is InChI=1S/C11H23NO4S/c1-9(6-5-7-10(13)14)12-17(15,16)8-11(2,3)4/h9,12H,5-8H2,1-4H3,(H,13,14). The lowest BCUT2D eigenvalue weighted by atomic mass is 10.0. The molecule has 0 radical (unpaired) electrons. The molecule has 0 bridgehead atoms. The third-order valence-corrected chi connectivity index (χ3v) is 4.04. The average molecular weight is 265 g/mol. The molecule has 0 rings (SSSR count). The molecule has 5 nitrogen and oxygen atoms in total. The summed E-state index contributed by atoms with van der Waals surface area (Å²) in [4.78, 5) is 10.3. The summed E-state index contributed by atoms with van der Waals surface area (Å²) in [5.74, 6) is -0.779. The summed E-state index contributed by atoms with van der Waals surface area (Å²) in [5.41, 5.74) is -0.285. The fraction of sp³-hybridized carbons (Fsp3) is 0.909. The second-order valence-corrected chi connectivity index (χ2v) is 7.38. The first-order valence-electron chi connectivity index (χ1n) is 5.74. The predicted molar refractivity (Wildman–Crippen MR) is 67.3 cm³/mol. The van der Waals surface area contributed by atoms with Gasteiger partial charge in [0, 0.05) is 12.5 Å². The second kappa shape index (κ2) is 6.35. The summed E-state index contributed by atoms with van der Waals surface area (Å²) in [5, 5.41) is 8.47. The maximum absolute atomic E-state index is 11.7. The number of hydrogen-bond donors (Lipinski definition) is 2. The van der Waals surface area contributed by atoms with E-state index in [1.807, 2.05) is 20.8 Å². The molecule has 0 heterocycles. The zero-order valence-corrected chi connectivity index (χ0v) is 11.8. The van der Waals surface area contributed by atoms with Crippen molar-refractivity contribution in [3.05, 3.63) is 0 Å². The van der Waals surface area contributed by atoms with Crippen LogP contribution in [0.4, 0.5) is 0 Å². The summed E-state index contributed by atoms with van der Waals surface area (Å²) in [6.45, 7) is 7.34. The SMILES string of the molecule is CC(CCCC(=O)O)NS(=O)(=O)CC(C)(C)C. The van der Waals surface area contributed by atoms with Crippen LogP contribution in [0.25, 0.3) is 0 Å². The maximum Gasteiger partial charge on any atom is 0.303 e. The van der Waals surface area contributed by atoms with E-state index in [1.165, 1.54) is 0 Å². The normalized spacial score (nSPS) is 14.6. The Labute approximate surface area is 104 Å². The number of carbonyl (C=O) groups is 1. The molecule has 102 valence electrons. The minimum absolute atomic E-state index is 0.0727. The van der Waals surface area contributed by atoms with Crippen molar-refractivity contribution in [1.29, 1.82) is 0 Å². The largest absolute Gasteiger partial charge is 0.481 e. The number of sulfonamides is 1. The fourth-order valence-corrected chi connectivity index (χ4v) is 3.49. The molecule has 0 saturated carbocycles. The molecule has 0 saturated heterocycles. The van der Waals surface area contributed by atoms with Crippen molar-refractivity contribution in [3.63, 3.8) is 0 Å². The topological polar surface area (TPSA) is 83.5 Å². The van der Waals surface area contributed by atoms with Crippen LogP contribution in [0.1, 0.15) is 47.0 Å². The highest BCUT2D eigenvalue weighted by molar-refractivity contribution is 7.89. The summed E-state index contributed by atoms with van der Waals surface area (Å²) >= 11 is 0. The molecule has 0 spiro atoms. The molecule has 0 aromatic carbocycles. The number of rotatable bonds is 7. The Bertz CT molecular complexity index is 343. The predicted octanol–water partition coefficient (Wildman–Crippen LogP) is 1.60. The molecule has 0 aromatic heterocycles. The summed E-state index contributed by atoms with van der Waals surface area (Å²) in [6, 6.07) is -0.221. The lowest BCUT2D eigenvalue weighted by Gasteiger charge is -2.20. The van der Waals surface area contributed by atoms with Crippen LogP contribution in [-0.4, -0.2) is 31.3 Å². The lowest BCUT2D eigenvalue weighted by Crippen LogP contribution is -2.37. The molecule has 0 aliphatic rings. The van der Waals surface area contributed by atoms with Crippen LogP contribution >= 0.6 is 0 Å². The Hall–Kier alpha value is -0.620.